The molecule has 0 aromatic carbocycles. The van der Waals surface area contributed by atoms with E-state index in [0.717, 1.165) is 12.6 Å². The molecule has 212 valence electrons. The fourth-order valence-corrected chi connectivity index (χ4v) is 19.8. The van der Waals surface area contributed by atoms with Crippen LogP contribution in [0.15, 0.2) is 0 Å². The highest BCUT2D eigenvalue weighted by Gasteiger charge is 2.59. The van der Waals surface area contributed by atoms with Crippen molar-refractivity contribution in [2.75, 3.05) is 13.1 Å². The van der Waals surface area contributed by atoms with Crippen LogP contribution in [-0.2, 0) is 8.85 Å². The highest BCUT2D eigenvalue weighted by molar-refractivity contribution is 6.83. The number of nitrogens with two attached hydrogens (primary N) is 1. The minimum Gasteiger partial charge on any atom is -0.415 e. The maximum atomic E-state index is 7.59. The Labute approximate surface area is 225 Å². The van der Waals surface area contributed by atoms with Gasteiger partial charge in [-0.25, -0.2) is 0 Å². The third-order valence-electron chi connectivity index (χ3n) is 9.54. The monoisotopic (exact) mass is 562 g/mol. The molecule has 0 saturated carbocycles. The number of hydrogen-bond acceptors (Lipinski definition) is 4. The Bertz CT molecular complexity index is 680. The molecule has 0 saturated heterocycles. The van der Waals surface area contributed by atoms with Crippen molar-refractivity contribution in [3.63, 3.8) is 0 Å². The first-order chi connectivity index (χ1) is 15.1. The molecule has 35 heavy (non-hydrogen) atoms. The van der Waals surface area contributed by atoms with Crippen molar-refractivity contribution in [3.05, 3.63) is 0 Å². The third kappa shape index (κ3) is 9.15. The molecule has 3 N–H and O–H groups in total. The van der Waals surface area contributed by atoms with E-state index >= 15 is 0 Å². The maximum absolute atomic E-state index is 7.59. The van der Waals surface area contributed by atoms with Crippen molar-refractivity contribution >= 4 is 32.8 Å². The first kappa shape index (κ1) is 35.7. The molecule has 0 fully saturated rings. The van der Waals surface area contributed by atoms with Crippen molar-refractivity contribution in [2.24, 2.45) is 5.73 Å². The van der Waals surface area contributed by atoms with E-state index in [1.165, 1.54) is 6.04 Å². The third-order valence-corrected chi connectivity index (χ3v) is 25.8. The number of rotatable bonds is 15. The molecule has 4 nitrogen and oxygen atoms in total. The van der Waals surface area contributed by atoms with Gasteiger partial charge in [0, 0.05) is 37.5 Å². The van der Waals surface area contributed by atoms with Gasteiger partial charge in [0.1, 0.15) is 0 Å². The Morgan fingerprint density at radius 2 is 1.23 bits per heavy atom. The topological polar surface area (TPSA) is 56.5 Å². The maximum Gasteiger partial charge on any atom is 0.197 e. The van der Waals surface area contributed by atoms with Crippen LogP contribution in [0.5, 0.6) is 0 Å². The molecule has 0 spiro atoms. The minimum atomic E-state index is -2.21. The van der Waals surface area contributed by atoms with Crippen LogP contribution >= 0.6 is 0 Å². The van der Waals surface area contributed by atoms with Gasteiger partial charge in [-0.15, -0.1) is 0 Å². The molecule has 0 aromatic heterocycles. The van der Waals surface area contributed by atoms with Crippen LogP contribution in [0.4, 0.5) is 0 Å². The summed E-state index contributed by atoms with van der Waals surface area (Å²) in [4.78, 5) is 0. The Morgan fingerprint density at radius 3 is 1.60 bits per heavy atom. The number of nitrogens with one attached hydrogen (secondary N) is 1. The highest BCUT2D eigenvalue weighted by Crippen LogP contribution is 2.56. The van der Waals surface area contributed by atoms with Gasteiger partial charge in [-0.3, -0.25) is 0 Å². The lowest BCUT2D eigenvalue weighted by Gasteiger charge is -2.58. The molecule has 0 radical (unpaired) electrons. The van der Waals surface area contributed by atoms with Gasteiger partial charge in [-0.05, 0) is 65.3 Å². The van der Waals surface area contributed by atoms with Crippen LogP contribution in [0.25, 0.3) is 0 Å². The largest absolute Gasteiger partial charge is 0.415 e. The van der Waals surface area contributed by atoms with E-state index in [2.05, 4.69) is 127 Å². The van der Waals surface area contributed by atoms with E-state index in [1.807, 2.05) is 0 Å². The molecule has 0 aliphatic rings. The molecular formula is C27H66N2O2Si4. The molecule has 0 bridgehead atoms. The summed E-state index contributed by atoms with van der Waals surface area (Å²) in [6.07, 6.45) is 0. The molecule has 0 heterocycles. The zero-order valence-electron chi connectivity index (χ0n) is 27.3. The van der Waals surface area contributed by atoms with E-state index in [4.69, 9.17) is 14.6 Å². The first-order valence-corrected chi connectivity index (χ1v) is 26.6. The summed E-state index contributed by atoms with van der Waals surface area (Å²) in [5, 5.41) is 3.68. The SMILES string of the molecule is CC(C[Si](C)(OC(C)(C)C(C)(C)[Si](C)(C)OC(C)(C)[Si](C)(C)C)C(C)(C)C[Si](C)(C)C)NCCN. The van der Waals surface area contributed by atoms with Crippen LogP contribution in [0.3, 0.4) is 0 Å². The summed E-state index contributed by atoms with van der Waals surface area (Å²) in [5.74, 6) is 0. The molecule has 2 atom stereocenters. The van der Waals surface area contributed by atoms with Crippen LogP contribution in [0.2, 0.25) is 81.1 Å². The fourth-order valence-electron chi connectivity index (χ4n) is 5.29. The summed E-state index contributed by atoms with van der Waals surface area (Å²) >= 11 is 0. The Kier molecular flexibility index (Phi) is 11.7. The molecule has 0 amide bonds. The molecule has 0 rings (SSSR count). The zero-order valence-corrected chi connectivity index (χ0v) is 31.3. The van der Waals surface area contributed by atoms with Gasteiger partial charge >= 0.3 is 0 Å². The fraction of sp³-hybridized carbons (Fsp3) is 1.00. The number of hydrogen-bond donors (Lipinski definition) is 2. The van der Waals surface area contributed by atoms with Crippen molar-refractivity contribution in [1.82, 2.24) is 5.32 Å². The second-order valence-corrected chi connectivity index (χ2v) is 36.4. The summed E-state index contributed by atoms with van der Waals surface area (Å²) in [6.45, 7) is 45.1. The van der Waals surface area contributed by atoms with E-state index in [9.17, 15) is 0 Å². The van der Waals surface area contributed by atoms with Gasteiger partial charge in [0.25, 0.3) is 0 Å². The van der Waals surface area contributed by atoms with E-state index < -0.39 is 32.8 Å². The van der Waals surface area contributed by atoms with Gasteiger partial charge < -0.3 is 19.9 Å². The lowest BCUT2D eigenvalue weighted by molar-refractivity contribution is 0.0310. The van der Waals surface area contributed by atoms with Crippen molar-refractivity contribution < 1.29 is 8.85 Å². The zero-order chi connectivity index (χ0) is 28.5. The van der Waals surface area contributed by atoms with Crippen molar-refractivity contribution in [1.29, 1.82) is 0 Å². The second-order valence-electron chi connectivity index (χ2n) is 16.3. The van der Waals surface area contributed by atoms with Crippen LogP contribution in [0, 0.1) is 0 Å². The van der Waals surface area contributed by atoms with E-state index in [0.29, 0.717) is 12.6 Å². The van der Waals surface area contributed by atoms with Gasteiger partial charge in [0.15, 0.2) is 16.6 Å². The smallest absolute Gasteiger partial charge is 0.197 e. The lowest BCUT2D eigenvalue weighted by atomic mass is 9.94. The molecule has 8 heteroatoms. The molecule has 0 aliphatic heterocycles. The van der Waals surface area contributed by atoms with Crippen LogP contribution in [-0.4, -0.2) is 62.7 Å². The summed E-state index contributed by atoms with van der Waals surface area (Å²) in [7, 11) is -7.17. The molecular weight excluding hydrogens is 497 g/mol. The predicted molar refractivity (Wildman–Crippen MR) is 170 cm³/mol. The summed E-state index contributed by atoms with van der Waals surface area (Å²) in [6, 6.07) is 2.76. The summed E-state index contributed by atoms with van der Waals surface area (Å²) < 4.78 is 14.8. The Hall–Kier alpha value is 0.708. The lowest BCUT2D eigenvalue weighted by Crippen LogP contribution is -2.64. The second kappa shape index (κ2) is 11.4. The highest BCUT2D eigenvalue weighted by atomic mass is 28.4. The Morgan fingerprint density at radius 1 is 0.771 bits per heavy atom. The molecule has 0 aliphatic carbocycles. The van der Waals surface area contributed by atoms with Gasteiger partial charge in [-0.1, -0.05) is 73.0 Å². The normalized spacial score (nSPS) is 17.9. The average Bonchev–Trinajstić information content (AvgIpc) is 2.54. The molecule has 2 unspecified atom stereocenters. The standard InChI is InChI=1S/C27H66N2O2Si4/c1-23(29-20-19-28)21-35(18,24(2,3)22-32(10,11)12)30-25(4,5)26(6,7)34(16,17)31-27(8,9)33(13,14)15/h23,29H,19-22,28H2,1-18H3. The predicted octanol–water partition coefficient (Wildman–Crippen LogP) is 8.07. The quantitative estimate of drug-likeness (QED) is 0.198. The van der Waals surface area contributed by atoms with Crippen LogP contribution in [0.1, 0.15) is 62.3 Å². The van der Waals surface area contributed by atoms with E-state index in [-0.39, 0.29) is 20.9 Å². The van der Waals surface area contributed by atoms with Gasteiger partial charge in [0.05, 0.1) is 13.7 Å². The van der Waals surface area contributed by atoms with Gasteiger partial charge in [0.2, 0.25) is 0 Å². The molecule has 0 aromatic rings. The minimum absolute atomic E-state index is 0.0748. The van der Waals surface area contributed by atoms with Crippen molar-refractivity contribution in [3.8, 4) is 0 Å². The van der Waals surface area contributed by atoms with E-state index in [1.54, 1.807) is 0 Å². The van der Waals surface area contributed by atoms with Crippen molar-refractivity contribution in [2.45, 2.75) is 160 Å². The average molecular weight is 563 g/mol. The van der Waals surface area contributed by atoms with Gasteiger partial charge in [-0.2, -0.15) is 0 Å². The summed E-state index contributed by atoms with van der Waals surface area (Å²) in [5.41, 5.74) is 5.51. The first-order valence-electron chi connectivity index (χ1n) is 13.9. The Balaban J connectivity index is 6.40. The van der Waals surface area contributed by atoms with Crippen LogP contribution < -0.4 is 11.1 Å².